The standard InChI is InChI=1S/C4H5.BrH.Mg/c1-2-4-3-1;;/h1H,2,4H2;1H;/q;;+1/p-1. The molecule has 0 amide bonds. The first-order valence-corrected chi connectivity index (χ1v) is 2.61. The Kier molecular flexibility index (Phi) is 3.55. The average molecular weight is 157 g/mol. The van der Waals surface area contributed by atoms with Crippen LogP contribution in [-0.4, -0.2) is 21.7 Å². The molecule has 0 aromatic rings. The molecule has 0 heterocycles. The van der Waals surface area contributed by atoms with E-state index in [9.17, 15) is 0 Å². The minimum absolute atomic E-state index is 0. The molecule has 0 N–H and O–H groups in total. The zero-order valence-electron chi connectivity index (χ0n) is 3.58. The first-order valence-electron chi connectivity index (χ1n) is 1.90. The summed E-state index contributed by atoms with van der Waals surface area (Å²) in [5.74, 6) is 0. The second kappa shape index (κ2) is 3.05. The predicted molar refractivity (Wildman–Crippen MR) is 23.1 cm³/mol. The summed E-state index contributed by atoms with van der Waals surface area (Å²) >= 11 is 2.00. The Balaban J connectivity index is 0.000000250. The van der Waals surface area contributed by atoms with Crippen LogP contribution >= 0.6 is 0 Å². The Morgan fingerprint density at radius 2 is 2.00 bits per heavy atom. The van der Waals surface area contributed by atoms with Crippen LogP contribution in [0.15, 0.2) is 9.78 Å². The van der Waals surface area contributed by atoms with Crippen LogP contribution in [0.2, 0.25) is 0 Å². The van der Waals surface area contributed by atoms with Gasteiger partial charge in [-0.2, -0.15) is 0 Å². The molecule has 1 aliphatic carbocycles. The van der Waals surface area contributed by atoms with Crippen LogP contribution in [0.1, 0.15) is 12.8 Å². The van der Waals surface area contributed by atoms with Crippen LogP contribution in [0.25, 0.3) is 0 Å². The predicted octanol–water partition coefficient (Wildman–Crippen LogP) is -2.16. The molecule has 2 heteroatoms. The van der Waals surface area contributed by atoms with Gasteiger partial charge in [0.15, 0.2) is 0 Å². The molecule has 1 rings (SSSR count). The van der Waals surface area contributed by atoms with E-state index < -0.39 is 0 Å². The van der Waals surface area contributed by atoms with Gasteiger partial charge in [-0.3, -0.25) is 0 Å². The molecule has 30 valence electrons. The fourth-order valence-corrected chi connectivity index (χ4v) is 0.757. The Morgan fingerprint density at radius 1 is 1.67 bits per heavy atom. The summed E-state index contributed by atoms with van der Waals surface area (Å²) in [6.07, 6.45) is 4.97. The zero-order chi connectivity index (χ0) is 3.70. The van der Waals surface area contributed by atoms with Gasteiger partial charge >= 0.3 is 44.3 Å². The van der Waals surface area contributed by atoms with Crippen molar-refractivity contribution >= 4 is 21.7 Å². The van der Waals surface area contributed by atoms with Crippen molar-refractivity contribution in [1.82, 2.24) is 0 Å². The monoisotopic (exact) mass is 156 g/mol. The average Bonchev–Trinajstić information content (AvgIpc) is 1.30. The van der Waals surface area contributed by atoms with Crippen LogP contribution < -0.4 is 17.0 Å². The van der Waals surface area contributed by atoms with E-state index in [1.165, 1.54) is 12.8 Å². The van der Waals surface area contributed by atoms with Gasteiger partial charge in [0.05, 0.1) is 0 Å². The van der Waals surface area contributed by atoms with Gasteiger partial charge in [0.25, 0.3) is 0 Å². The molecule has 0 radical (unpaired) electrons. The van der Waals surface area contributed by atoms with Crippen LogP contribution in [0, 0.1) is 0 Å². The summed E-state index contributed by atoms with van der Waals surface area (Å²) in [7, 11) is 0. The third-order valence-corrected chi connectivity index (χ3v) is 1.54. The van der Waals surface area contributed by atoms with Gasteiger partial charge in [-0.05, 0) is 0 Å². The number of hydrogen-bond donors (Lipinski definition) is 0. The van der Waals surface area contributed by atoms with Gasteiger partial charge < -0.3 is 17.0 Å². The molecule has 0 unspecified atom stereocenters. The molecule has 0 aromatic carbocycles. The molecule has 0 aromatic heterocycles. The van der Waals surface area contributed by atoms with Crippen molar-refractivity contribution < 1.29 is 17.0 Å². The summed E-state index contributed by atoms with van der Waals surface area (Å²) in [6, 6.07) is 0. The van der Waals surface area contributed by atoms with Gasteiger partial charge in [-0.15, -0.1) is 0 Å². The molecule has 0 bridgehead atoms. The van der Waals surface area contributed by atoms with Crippen LogP contribution in [0.5, 0.6) is 0 Å². The van der Waals surface area contributed by atoms with E-state index in [2.05, 4.69) is 6.08 Å². The van der Waals surface area contributed by atoms with E-state index in [1.54, 1.807) is 3.70 Å². The maximum atomic E-state index is 2.28. The molecule has 0 nitrogen and oxygen atoms in total. The molecule has 0 atom stereocenters. The first-order chi connectivity index (χ1) is 2.39. The Hall–Kier alpha value is 0.986. The van der Waals surface area contributed by atoms with Crippen LogP contribution in [-0.2, 0) is 0 Å². The first kappa shape index (κ1) is 6.99. The van der Waals surface area contributed by atoms with Crippen molar-refractivity contribution in [2.75, 3.05) is 0 Å². The molecule has 1 aliphatic rings. The van der Waals surface area contributed by atoms with E-state index >= 15 is 0 Å². The maximum absolute atomic E-state index is 2.28. The van der Waals surface area contributed by atoms with Gasteiger partial charge in [0, 0.05) is 0 Å². The van der Waals surface area contributed by atoms with Crippen molar-refractivity contribution in [3.63, 3.8) is 0 Å². The summed E-state index contributed by atoms with van der Waals surface area (Å²) in [4.78, 5) is 0. The van der Waals surface area contributed by atoms with Crippen LogP contribution in [0.4, 0.5) is 0 Å². The van der Waals surface area contributed by atoms with E-state index in [4.69, 9.17) is 0 Å². The van der Waals surface area contributed by atoms with Crippen molar-refractivity contribution in [2.45, 2.75) is 12.8 Å². The number of allylic oxidation sites excluding steroid dienone is 2. The summed E-state index contributed by atoms with van der Waals surface area (Å²) < 4.78 is 1.59. The van der Waals surface area contributed by atoms with Gasteiger partial charge in [-0.1, -0.05) is 0 Å². The van der Waals surface area contributed by atoms with Crippen molar-refractivity contribution in [1.29, 1.82) is 0 Å². The third kappa shape index (κ3) is 1.62. The van der Waals surface area contributed by atoms with Gasteiger partial charge in [-0.25, -0.2) is 0 Å². The van der Waals surface area contributed by atoms with Crippen molar-refractivity contribution in [3.05, 3.63) is 9.78 Å². The summed E-state index contributed by atoms with van der Waals surface area (Å²) in [5.41, 5.74) is 0. The number of rotatable bonds is 0. The Labute approximate surface area is 61.2 Å². The molecule has 0 fully saturated rings. The van der Waals surface area contributed by atoms with Gasteiger partial charge in [0.2, 0.25) is 0 Å². The van der Waals surface area contributed by atoms with Crippen LogP contribution in [0.3, 0.4) is 0 Å². The Morgan fingerprint density at radius 3 is 2.00 bits per heavy atom. The molecule has 6 heavy (non-hydrogen) atoms. The third-order valence-electron chi connectivity index (χ3n) is 0.898. The second-order valence-corrected chi connectivity index (χ2v) is 2.31. The topological polar surface area (TPSA) is 0 Å². The van der Waals surface area contributed by atoms with E-state index in [1.807, 2.05) is 21.7 Å². The number of hydrogen-bond acceptors (Lipinski definition) is 0. The van der Waals surface area contributed by atoms with Crippen molar-refractivity contribution in [2.24, 2.45) is 0 Å². The fraction of sp³-hybridized carbons (Fsp3) is 0.500. The van der Waals surface area contributed by atoms with Gasteiger partial charge in [0.1, 0.15) is 0 Å². The molecular formula is C4H5BrMg. The number of halogens is 1. The quantitative estimate of drug-likeness (QED) is 0.351. The summed E-state index contributed by atoms with van der Waals surface area (Å²) in [5, 5.41) is 0. The van der Waals surface area contributed by atoms with E-state index in [0.29, 0.717) is 0 Å². The zero-order valence-corrected chi connectivity index (χ0v) is 6.58. The normalized spacial score (nSPS) is 17.3. The van der Waals surface area contributed by atoms with E-state index in [-0.39, 0.29) is 17.0 Å². The van der Waals surface area contributed by atoms with E-state index in [0.717, 1.165) is 0 Å². The molecular weight excluding hydrogens is 152 g/mol. The minimum atomic E-state index is 0. The fourth-order valence-electron chi connectivity index (χ4n) is 0.348. The molecule has 0 spiro atoms. The summed E-state index contributed by atoms with van der Waals surface area (Å²) in [6.45, 7) is 0. The SMILES string of the molecule is [Br-].[Mg+][C]1=CCC1. The Bertz CT molecular complexity index is 67.9. The molecule has 0 aliphatic heterocycles. The van der Waals surface area contributed by atoms with Crippen molar-refractivity contribution in [3.8, 4) is 0 Å². The molecule has 0 saturated carbocycles. The second-order valence-electron chi connectivity index (χ2n) is 1.40. The molecule has 0 saturated heterocycles.